The molecule has 0 aromatic heterocycles. The van der Waals surface area contributed by atoms with Crippen molar-refractivity contribution < 1.29 is 19.4 Å². The van der Waals surface area contributed by atoms with Crippen LogP contribution in [0.3, 0.4) is 0 Å². The summed E-state index contributed by atoms with van der Waals surface area (Å²) in [5.74, 6) is 0.377. The number of hydrogen-bond donors (Lipinski definition) is 2. The molecule has 2 rings (SSSR count). The quantitative estimate of drug-likeness (QED) is 0.520. The molecule has 138 valence electrons. The molecule has 0 aliphatic heterocycles. The van der Waals surface area contributed by atoms with Gasteiger partial charge in [0.25, 0.3) is 5.24 Å². The van der Waals surface area contributed by atoms with Gasteiger partial charge in [0.15, 0.2) is 0 Å². The van der Waals surface area contributed by atoms with E-state index in [2.05, 4.69) is 5.32 Å². The van der Waals surface area contributed by atoms with Crippen LogP contribution in [-0.2, 0) is 21.7 Å². The minimum absolute atomic E-state index is 0.151. The summed E-state index contributed by atoms with van der Waals surface area (Å²) in [6, 6.07) is 15.6. The maximum atomic E-state index is 12.2. The molecule has 1 atom stereocenters. The number of carbonyl (C=O) groups is 2. The summed E-state index contributed by atoms with van der Waals surface area (Å²) in [5, 5.41) is 11.8. The van der Waals surface area contributed by atoms with Crippen molar-refractivity contribution in [3.63, 3.8) is 0 Å². The molecule has 0 saturated carbocycles. The smallest absolute Gasteiger partial charge is 0.328 e. The number of hydrogen-bond acceptors (Lipinski definition) is 6. The van der Waals surface area contributed by atoms with E-state index in [9.17, 15) is 14.7 Å². The summed E-state index contributed by atoms with van der Waals surface area (Å²) in [6.45, 7) is 1.97. The highest BCUT2D eigenvalue weighted by Crippen LogP contribution is 2.26. The van der Waals surface area contributed by atoms with E-state index in [1.807, 2.05) is 30.3 Å². The van der Waals surface area contributed by atoms with Crippen LogP contribution in [0.15, 0.2) is 54.6 Å². The SMILES string of the molecule is CCOC(=O)[C@H](Cc1ccc(O)cc1)NC(=O)SSCc1ccccc1. The molecule has 26 heavy (non-hydrogen) atoms. The van der Waals surface area contributed by atoms with Crippen LogP contribution >= 0.6 is 21.6 Å². The average molecular weight is 392 g/mol. The van der Waals surface area contributed by atoms with Gasteiger partial charge in [-0.1, -0.05) is 53.3 Å². The number of esters is 1. The summed E-state index contributed by atoms with van der Waals surface area (Å²) in [6.07, 6.45) is 0.300. The Balaban J connectivity index is 1.89. The fourth-order valence-corrected chi connectivity index (χ4v) is 3.93. The summed E-state index contributed by atoms with van der Waals surface area (Å²) in [5.41, 5.74) is 1.95. The van der Waals surface area contributed by atoms with Gasteiger partial charge in [0.05, 0.1) is 6.61 Å². The molecule has 0 fully saturated rings. The van der Waals surface area contributed by atoms with Crippen LogP contribution in [0.25, 0.3) is 0 Å². The minimum Gasteiger partial charge on any atom is -0.508 e. The zero-order valence-electron chi connectivity index (χ0n) is 14.4. The van der Waals surface area contributed by atoms with E-state index in [0.717, 1.165) is 21.9 Å². The van der Waals surface area contributed by atoms with Crippen molar-refractivity contribution in [1.82, 2.24) is 5.32 Å². The van der Waals surface area contributed by atoms with Gasteiger partial charge in [0.2, 0.25) is 0 Å². The van der Waals surface area contributed by atoms with Crippen molar-refractivity contribution in [3.8, 4) is 5.75 Å². The first-order valence-corrected chi connectivity index (χ1v) is 10.5. The number of amides is 1. The van der Waals surface area contributed by atoms with Crippen molar-refractivity contribution >= 4 is 32.8 Å². The number of nitrogens with one attached hydrogen (secondary N) is 1. The minimum atomic E-state index is -0.767. The van der Waals surface area contributed by atoms with Gasteiger partial charge in [-0.3, -0.25) is 4.79 Å². The largest absolute Gasteiger partial charge is 0.508 e. The van der Waals surface area contributed by atoms with Gasteiger partial charge in [-0.05, 0) is 30.2 Å². The number of phenols is 1. The molecule has 0 radical (unpaired) electrons. The lowest BCUT2D eigenvalue weighted by molar-refractivity contribution is -0.145. The Labute approximate surface area is 160 Å². The molecule has 7 heteroatoms. The van der Waals surface area contributed by atoms with Gasteiger partial charge in [0.1, 0.15) is 11.8 Å². The first-order chi connectivity index (χ1) is 12.6. The monoisotopic (exact) mass is 391 g/mol. The molecule has 0 saturated heterocycles. The summed E-state index contributed by atoms with van der Waals surface area (Å²) in [7, 11) is 2.48. The summed E-state index contributed by atoms with van der Waals surface area (Å²) in [4.78, 5) is 24.3. The summed E-state index contributed by atoms with van der Waals surface area (Å²) < 4.78 is 5.06. The number of aromatic hydroxyl groups is 1. The van der Waals surface area contributed by atoms with E-state index in [1.165, 1.54) is 10.8 Å². The van der Waals surface area contributed by atoms with Crippen molar-refractivity contribution in [2.75, 3.05) is 6.61 Å². The zero-order valence-corrected chi connectivity index (χ0v) is 16.0. The second-order valence-electron chi connectivity index (χ2n) is 5.44. The fraction of sp³-hybridized carbons (Fsp3) is 0.263. The Morgan fingerprint density at radius 1 is 1.08 bits per heavy atom. The van der Waals surface area contributed by atoms with E-state index in [4.69, 9.17) is 4.74 Å². The van der Waals surface area contributed by atoms with Crippen LogP contribution in [0, 0.1) is 0 Å². The average Bonchev–Trinajstić information content (AvgIpc) is 2.64. The molecular formula is C19H21NO4S2. The molecule has 0 spiro atoms. The molecule has 0 unspecified atom stereocenters. The number of carbonyl (C=O) groups excluding carboxylic acids is 2. The summed E-state index contributed by atoms with van der Waals surface area (Å²) >= 11 is 0. The maximum Gasteiger partial charge on any atom is 0.328 e. The van der Waals surface area contributed by atoms with E-state index >= 15 is 0 Å². The van der Waals surface area contributed by atoms with Crippen LogP contribution in [-0.4, -0.2) is 29.0 Å². The third-order valence-corrected chi connectivity index (χ3v) is 5.44. The lowest BCUT2D eigenvalue weighted by Gasteiger charge is -2.17. The lowest BCUT2D eigenvalue weighted by Crippen LogP contribution is -2.41. The maximum absolute atomic E-state index is 12.2. The molecule has 1 amide bonds. The topological polar surface area (TPSA) is 75.6 Å². The van der Waals surface area contributed by atoms with Gasteiger partial charge in [-0.2, -0.15) is 0 Å². The van der Waals surface area contributed by atoms with E-state index < -0.39 is 12.0 Å². The van der Waals surface area contributed by atoms with Gasteiger partial charge >= 0.3 is 5.97 Å². The number of ether oxygens (including phenoxy) is 1. The third kappa shape index (κ3) is 7.01. The van der Waals surface area contributed by atoms with E-state index in [1.54, 1.807) is 31.2 Å². The van der Waals surface area contributed by atoms with E-state index in [-0.39, 0.29) is 17.6 Å². The first kappa shape index (κ1) is 20.2. The zero-order chi connectivity index (χ0) is 18.8. The molecule has 2 N–H and O–H groups in total. The van der Waals surface area contributed by atoms with Crippen LogP contribution in [0.4, 0.5) is 4.79 Å². The Kier molecular flexibility index (Phi) is 8.37. The van der Waals surface area contributed by atoms with Crippen LogP contribution in [0.2, 0.25) is 0 Å². The molecule has 2 aromatic carbocycles. The predicted octanol–water partition coefficient (Wildman–Crippen LogP) is 4.16. The van der Waals surface area contributed by atoms with Crippen LogP contribution in [0.1, 0.15) is 18.1 Å². The molecule has 2 aromatic rings. The number of phenolic OH excluding ortho intramolecular Hbond substituents is 1. The van der Waals surface area contributed by atoms with Crippen molar-refractivity contribution in [3.05, 3.63) is 65.7 Å². The van der Waals surface area contributed by atoms with Crippen molar-refractivity contribution in [2.45, 2.75) is 25.1 Å². The van der Waals surface area contributed by atoms with Gasteiger partial charge < -0.3 is 15.2 Å². The van der Waals surface area contributed by atoms with Crippen LogP contribution in [0.5, 0.6) is 5.75 Å². The second kappa shape index (κ2) is 10.8. The standard InChI is InChI=1S/C19H21NO4S2/c1-2-24-18(22)17(12-14-8-10-16(21)11-9-14)20-19(23)26-25-13-15-6-4-3-5-7-15/h3-11,17,21H,2,12-13H2,1H3,(H,20,23)/t17-/m0/s1. The van der Waals surface area contributed by atoms with Crippen LogP contribution < -0.4 is 5.32 Å². The predicted molar refractivity (Wildman–Crippen MR) is 106 cm³/mol. The molecular weight excluding hydrogens is 370 g/mol. The van der Waals surface area contributed by atoms with Crippen molar-refractivity contribution in [1.29, 1.82) is 0 Å². The molecule has 0 aliphatic rings. The first-order valence-electron chi connectivity index (χ1n) is 8.17. The highest BCUT2D eigenvalue weighted by atomic mass is 33.1. The normalized spacial score (nSPS) is 11.6. The molecule has 0 heterocycles. The number of benzene rings is 2. The van der Waals surface area contributed by atoms with Gasteiger partial charge in [-0.25, -0.2) is 4.79 Å². The van der Waals surface area contributed by atoms with Gasteiger partial charge in [0, 0.05) is 23.0 Å². The Morgan fingerprint density at radius 2 is 1.77 bits per heavy atom. The Bertz CT molecular complexity index is 707. The molecule has 0 bridgehead atoms. The van der Waals surface area contributed by atoms with E-state index in [0.29, 0.717) is 12.2 Å². The lowest BCUT2D eigenvalue weighted by atomic mass is 10.1. The Hall–Kier alpha value is -2.12. The van der Waals surface area contributed by atoms with Gasteiger partial charge in [-0.15, -0.1) is 0 Å². The fourth-order valence-electron chi connectivity index (χ4n) is 2.20. The molecule has 0 aliphatic carbocycles. The van der Waals surface area contributed by atoms with Crippen molar-refractivity contribution in [2.24, 2.45) is 0 Å². The Morgan fingerprint density at radius 3 is 2.42 bits per heavy atom. The number of rotatable bonds is 8. The third-order valence-electron chi connectivity index (χ3n) is 3.44. The molecule has 5 nitrogen and oxygen atoms in total. The highest BCUT2D eigenvalue weighted by Gasteiger charge is 2.23. The second-order valence-corrected chi connectivity index (χ2v) is 7.71. The highest BCUT2D eigenvalue weighted by molar-refractivity contribution is 8.81.